The zero-order chi connectivity index (χ0) is 24.7. The number of para-hydroxylation sites is 1. The number of rotatable bonds is 2. The molecule has 1 aromatic heterocycles. The summed E-state index contributed by atoms with van der Waals surface area (Å²) in [4.78, 5) is 55.7. The molecule has 3 aliphatic rings. The van der Waals surface area contributed by atoms with Gasteiger partial charge in [-0.05, 0) is 44.5 Å². The van der Waals surface area contributed by atoms with Crippen LogP contribution in [0.1, 0.15) is 22.3 Å². The van der Waals surface area contributed by atoms with Gasteiger partial charge in [-0.1, -0.05) is 18.2 Å². The lowest BCUT2D eigenvalue weighted by Crippen LogP contribution is -2.64. The highest BCUT2D eigenvalue weighted by atomic mass is 16.3. The van der Waals surface area contributed by atoms with Crippen LogP contribution in [0.25, 0.3) is 10.9 Å². The van der Waals surface area contributed by atoms with Gasteiger partial charge in [-0.3, -0.25) is 24.1 Å². The Morgan fingerprint density at radius 1 is 1.18 bits per heavy atom. The molecular formula is C24H23N3O7. The fourth-order valence-electron chi connectivity index (χ4n) is 5.91. The van der Waals surface area contributed by atoms with Gasteiger partial charge in [0.05, 0.1) is 11.6 Å². The van der Waals surface area contributed by atoms with Gasteiger partial charge in [-0.15, -0.1) is 0 Å². The summed E-state index contributed by atoms with van der Waals surface area (Å²) < 4.78 is 0. The molecule has 0 spiro atoms. The van der Waals surface area contributed by atoms with Crippen molar-refractivity contribution in [2.45, 2.75) is 24.5 Å². The van der Waals surface area contributed by atoms with Crippen LogP contribution >= 0.6 is 0 Å². The summed E-state index contributed by atoms with van der Waals surface area (Å²) in [6.45, 7) is 0. The summed E-state index contributed by atoms with van der Waals surface area (Å²) in [5.41, 5.74) is 1.90. The molecule has 0 aliphatic heterocycles. The first kappa shape index (κ1) is 22.1. The van der Waals surface area contributed by atoms with Crippen LogP contribution in [0, 0.1) is 11.8 Å². The first-order valence-corrected chi connectivity index (χ1v) is 10.8. The summed E-state index contributed by atoms with van der Waals surface area (Å²) in [6, 6.07) is 6.02. The molecule has 2 aromatic rings. The predicted molar refractivity (Wildman–Crippen MR) is 120 cm³/mol. The second-order valence-electron chi connectivity index (χ2n) is 9.32. The van der Waals surface area contributed by atoms with Crippen LogP contribution in [0.2, 0.25) is 0 Å². The summed E-state index contributed by atoms with van der Waals surface area (Å²) >= 11 is 0. The van der Waals surface area contributed by atoms with Crippen LogP contribution in [0.4, 0.5) is 0 Å². The Morgan fingerprint density at radius 3 is 2.50 bits per heavy atom. The van der Waals surface area contributed by atoms with Gasteiger partial charge in [0.25, 0.3) is 11.5 Å². The number of ketones is 2. The molecule has 4 atom stereocenters. The third-order valence-corrected chi connectivity index (χ3v) is 7.34. The van der Waals surface area contributed by atoms with Gasteiger partial charge in [0, 0.05) is 22.4 Å². The Balaban J connectivity index is 1.77. The molecule has 5 rings (SSSR count). The Bertz CT molecular complexity index is 1430. The largest absolute Gasteiger partial charge is 0.510 e. The fourth-order valence-corrected chi connectivity index (χ4v) is 5.91. The molecule has 0 saturated carbocycles. The maximum absolute atomic E-state index is 13.5. The third kappa shape index (κ3) is 2.63. The van der Waals surface area contributed by atoms with Crippen molar-refractivity contribution in [1.29, 1.82) is 0 Å². The number of aliphatic hydroxyl groups excluding tert-OH is 2. The lowest BCUT2D eigenvalue weighted by molar-refractivity contribution is -0.148. The summed E-state index contributed by atoms with van der Waals surface area (Å²) in [6.07, 6.45) is 0.242. The minimum absolute atomic E-state index is 0.0346. The number of H-pyrrole nitrogens is 1. The topological polar surface area (TPSA) is 174 Å². The maximum Gasteiger partial charge on any atom is 0.259 e. The number of benzene rings is 1. The molecule has 1 aromatic carbocycles. The third-order valence-electron chi connectivity index (χ3n) is 7.34. The average Bonchev–Trinajstić information content (AvgIpc) is 2.75. The summed E-state index contributed by atoms with van der Waals surface area (Å²) in [5, 5.41) is 34.2. The van der Waals surface area contributed by atoms with E-state index in [1.807, 2.05) is 0 Å². The van der Waals surface area contributed by atoms with Crippen LogP contribution in [-0.2, 0) is 16.0 Å². The van der Waals surface area contributed by atoms with Crippen molar-refractivity contribution in [3.05, 3.63) is 68.4 Å². The van der Waals surface area contributed by atoms with Crippen molar-refractivity contribution in [2.24, 2.45) is 17.6 Å². The molecule has 1 amide bonds. The van der Waals surface area contributed by atoms with E-state index in [2.05, 4.69) is 4.98 Å². The molecule has 3 aliphatic carbocycles. The summed E-state index contributed by atoms with van der Waals surface area (Å²) in [5.74, 6) is -6.50. The number of hydrogen-bond donors (Lipinski definition) is 5. The fraction of sp³-hybridized carbons (Fsp3) is 0.333. The zero-order valence-electron chi connectivity index (χ0n) is 18.5. The van der Waals surface area contributed by atoms with Crippen LogP contribution < -0.4 is 11.3 Å². The van der Waals surface area contributed by atoms with Gasteiger partial charge in [0.2, 0.25) is 5.78 Å². The van der Waals surface area contributed by atoms with Crippen molar-refractivity contribution < 1.29 is 29.7 Å². The van der Waals surface area contributed by atoms with Gasteiger partial charge >= 0.3 is 0 Å². The number of likely N-dealkylation sites (N-methyl/N-ethyl adjacent to an activating group) is 1. The monoisotopic (exact) mass is 465 g/mol. The van der Waals surface area contributed by atoms with Crippen molar-refractivity contribution >= 4 is 28.4 Å². The Kier molecular flexibility index (Phi) is 4.62. The Morgan fingerprint density at radius 2 is 1.85 bits per heavy atom. The molecule has 10 heteroatoms. The molecule has 10 nitrogen and oxygen atoms in total. The molecule has 34 heavy (non-hydrogen) atoms. The van der Waals surface area contributed by atoms with Crippen LogP contribution in [0.15, 0.2) is 51.7 Å². The zero-order valence-corrected chi connectivity index (χ0v) is 18.5. The number of carbonyl (C=O) groups excluding carboxylic acids is 3. The van der Waals surface area contributed by atoms with Gasteiger partial charge in [-0.2, -0.15) is 0 Å². The van der Waals surface area contributed by atoms with Crippen molar-refractivity contribution in [2.75, 3.05) is 14.1 Å². The second-order valence-corrected chi connectivity index (χ2v) is 9.32. The number of aromatic amines is 1. The summed E-state index contributed by atoms with van der Waals surface area (Å²) in [7, 11) is 3.17. The van der Waals surface area contributed by atoms with Gasteiger partial charge in [-0.25, -0.2) is 0 Å². The van der Waals surface area contributed by atoms with Crippen LogP contribution in [0.3, 0.4) is 0 Å². The number of fused-ring (bicyclic) bond motifs is 5. The molecule has 6 N–H and O–H groups in total. The average molecular weight is 465 g/mol. The van der Waals surface area contributed by atoms with E-state index >= 15 is 0 Å². The highest BCUT2D eigenvalue weighted by molar-refractivity contribution is 6.24. The van der Waals surface area contributed by atoms with E-state index in [1.165, 1.54) is 4.90 Å². The SMILES string of the molecule is CN(C)[C@@H]1C(O)=C(C(N)=O)C(=O)[C@@]2(O)C(O)=C3C(=O)c4c(c5ccccc5[nH]c4=O)C[C@H]3C[C@@H]12. The molecule has 176 valence electrons. The van der Waals surface area contributed by atoms with Crippen molar-refractivity contribution in [3.63, 3.8) is 0 Å². The highest BCUT2D eigenvalue weighted by Gasteiger charge is 2.63. The first-order valence-electron chi connectivity index (χ1n) is 10.8. The lowest BCUT2D eigenvalue weighted by Gasteiger charge is -2.50. The second kappa shape index (κ2) is 7.12. The van der Waals surface area contributed by atoms with E-state index in [0.29, 0.717) is 16.5 Å². The van der Waals surface area contributed by atoms with E-state index < -0.39 is 63.6 Å². The lowest BCUT2D eigenvalue weighted by atomic mass is 9.58. The van der Waals surface area contributed by atoms with Gasteiger partial charge in [0.15, 0.2) is 11.4 Å². The van der Waals surface area contributed by atoms with Gasteiger partial charge in [0.1, 0.15) is 17.1 Å². The number of amides is 1. The van der Waals surface area contributed by atoms with Crippen LogP contribution in [0.5, 0.6) is 0 Å². The predicted octanol–water partition coefficient (Wildman–Crippen LogP) is 0.257. The number of aliphatic hydroxyl groups is 3. The number of nitrogens with two attached hydrogens (primary N) is 1. The molecule has 0 radical (unpaired) electrons. The quantitative estimate of drug-likeness (QED) is 0.393. The standard InChI is InChI=1S/C24H23N3O7/c1-27(2)17-12-8-9-7-11-10-5-3-4-6-13(10)26-23(33)15(11)18(28)14(9)20(30)24(12,34)21(31)16(19(17)29)22(25)32/h3-6,9,12,17,29-30,34H,7-8H2,1-2H3,(H2,25,32)(H,26,33)/t9-,12-,17-,24-/m0/s1. The maximum atomic E-state index is 13.5. The number of primary amides is 1. The number of allylic oxidation sites excluding steroid dienone is 1. The minimum Gasteiger partial charge on any atom is -0.510 e. The molecule has 0 fully saturated rings. The molecular weight excluding hydrogens is 442 g/mol. The minimum atomic E-state index is -2.66. The van der Waals surface area contributed by atoms with E-state index in [1.54, 1.807) is 38.4 Å². The smallest absolute Gasteiger partial charge is 0.259 e. The Labute approximate surface area is 193 Å². The van der Waals surface area contributed by atoms with E-state index in [-0.39, 0.29) is 24.0 Å². The number of pyridine rings is 1. The molecule has 1 heterocycles. The first-order chi connectivity index (χ1) is 16.0. The Hall–Kier alpha value is -3.76. The van der Waals surface area contributed by atoms with E-state index in [0.717, 1.165) is 0 Å². The number of nitrogens with zero attached hydrogens (tertiary/aromatic N) is 1. The molecule has 0 bridgehead atoms. The van der Waals surface area contributed by atoms with Crippen molar-refractivity contribution in [1.82, 2.24) is 9.88 Å². The van der Waals surface area contributed by atoms with E-state index in [9.17, 15) is 34.5 Å². The number of Topliss-reactive ketones (excluding diaryl/α,β-unsaturated/α-hetero) is 2. The van der Waals surface area contributed by atoms with E-state index in [4.69, 9.17) is 5.73 Å². The molecule has 0 unspecified atom stereocenters. The molecule has 0 saturated heterocycles. The number of aromatic nitrogens is 1. The number of nitrogens with one attached hydrogen (secondary N) is 1. The highest BCUT2D eigenvalue weighted by Crippen LogP contribution is 2.51. The number of carbonyl (C=O) groups is 3. The number of hydrogen-bond acceptors (Lipinski definition) is 8. The van der Waals surface area contributed by atoms with Crippen molar-refractivity contribution in [3.8, 4) is 0 Å². The van der Waals surface area contributed by atoms with Gasteiger partial charge < -0.3 is 26.0 Å². The van der Waals surface area contributed by atoms with Crippen LogP contribution in [-0.4, -0.2) is 68.4 Å². The normalized spacial score (nSPS) is 28.8.